The summed E-state index contributed by atoms with van der Waals surface area (Å²) < 4.78 is 32.6. The first kappa shape index (κ1) is 12.2. The summed E-state index contributed by atoms with van der Waals surface area (Å²) in [6.07, 6.45) is 3.42. The lowest BCUT2D eigenvalue weighted by Gasteiger charge is -2.09. The molecule has 3 aromatic carbocycles. The molecular weight excluding hydrogens is 320 g/mol. The molecule has 2 heterocycles. The Bertz CT molecular complexity index is 1420. The van der Waals surface area contributed by atoms with Crippen LogP contribution in [0.15, 0.2) is 65.5 Å². The lowest BCUT2D eigenvalue weighted by molar-refractivity contribution is -0.663. The second kappa shape index (κ2) is 5.40. The minimum atomic E-state index is -2.22. The fourth-order valence-corrected chi connectivity index (χ4v) is 3.73. The van der Waals surface area contributed by atoms with Crippen molar-refractivity contribution in [2.24, 2.45) is 7.05 Å². The minimum Gasteiger partial charge on any atom is -0.455 e. The molecule has 0 aliphatic rings. The van der Waals surface area contributed by atoms with Gasteiger partial charge in [-0.25, -0.2) is 4.57 Å². The van der Waals surface area contributed by atoms with Crippen LogP contribution in [0, 0.1) is 13.8 Å². The molecule has 3 heteroatoms. The topological polar surface area (TPSA) is 29.9 Å². The summed E-state index contributed by atoms with van der Waals surface area (Å²) in [5, 5.41) is 3.83. The SMILES string of the molecule is [2H]C([2H])([2H])c1cc2c(oc3c4ccccc4ccc23)c(-c2ccnc[n+]2C)c1C. The maximum Gasteiger partial charge on any atom is 0.286 e. The number of hydrogen-bond acceptors (Lipinski definition) is 2. The Balaban J connectivity index is 2.02. The van der Waals surface area contributed by atoms with Crippen molar-refractivity contribution in [3.63, 3.8) is 0 Å². The van der Waals surface area contributed by atoms with Gasteiger partial charge in [-0.2, -0.15) is 0 Å². The van der Waals surface area contributed by atoms with Gasteiger partial charge in [-0.15, -0.1) is 0 Å². The van der Waals surface area contributed by atoms with E-state index in [9.17, 15) is 0 Å². The van der Waals surface area contributed by atoms with Crippen molar-refractivity contribution in [3.8, 4) is 11.3 Å². The van der Waals surface area contributed by atoms with E-state index in [0.717, 1.165) is 38.4 Å². The van der Waals surface area contributed by atoms with Crippen molar-refractivity contribution >= 4 is 32.7 Å². The smallest absolute Gasteiger partial charge is 0.286 e. The maximum atomic E-state index is 8.08. The fraction of sp³-hybridized carbons (Fsp3) is 0.130. The number of benzene rings is 3. The highest BCUT2D eigenvalue weighted by Gasteiger charge is 2.21. The van der Waals surface area contributed by atoms with E-state index in [-0.39, 0.29) is 0 Å². The van der Waals surface area contributed by atoms with Crippen LogP contribution >= 0.6 is 0 Å². The molecule has 0 bridgehead atoms. The maximum absolute atomic E-state index is 8.08. The van der Waals surface area contributed by atoms with Crippen LogP contribution in [0.25, 0.3) is 44.0 Å². The number of rotatable bonds is 1. The number of nitrogens with zero attached hydrogens (tertiary/aromatic N) is 2. The molecule has 126 valence electrons. The Morgan fingerprint density at radius 1 is 1.00 bits per heavy atom. The Morgan fingerprint density at radius 2 is 1.88 bits per heavy atom. The molecule has 0 atom stereocenters. The van der Waals surface area contributed by atoms with Crippen molar-refractivity contribution in [2.75, 3.05) is 0 Å². The molecule has 0 saturated heterocycles. The van der Waals surface area contributed by atoms with Crippen LogP contribution in [0.4, 0.5) is 0 Å². The first-order chi connectivity index (χ1) is 13.9. The predicted octanol–water partition coefficient (Wildman–Crippen LogP) is 5.24. The van der Waals surface area contributed by atoms with Crippen LogP contribution in [-0.4, -0.2) is 4.98 Å². The highest BCUT2D eigenvalue weighted by molar-refractivity contribution is 6.17. The molecule has 0 radical (unpaired) electrons. The van der Waals surface area contributed by atoms with Gasteiger partial charge in [0.2, 0.25) is 0 Å². The highest BCUT2D eigenvalue weighted by atomic mass is 16.3. The van der Waals surface area contributed by atoms with Crippen LogP contribution in [0.3, 0.4) is 0 Å². The third-order valence-corrected chi connectivity index (χ3v) is 5.11. The van der Waals surface area contributed by atoms with Crippen molar-refractivity contribution in [1.29, 1.82) is 0 Å². The molecule has 0 saturated carbocycles. The summed E-state index contributed by atoms with van der Waals surface area (Å²) in [5.41, 5.74) is 4.16. The molecule has 0 unspecified atom stereocenters. The molecule has 0 spiro atoms. The van der Waals surface area contributed by atoms with Crippen LogP contribution in [0.2, 0.25) is 0 Å². The van der Waals surface area contributed by atoms with E-state index >= 15 is 0 Å². The van der Waals surface area contributed by atoms with E-state index in [1.54, 1.807) is 18.6 Å². The average molecular weight is 342 g/mol. The van der Waals surface area contributed by atoms with Gasteiger partial charge >= 0.3 is 0 Å². The molecule has 0 N–H and O–H groups in total. The molecule has 5 rings (SSSR count). The molecule has 3 nitrogen and oxygen atoms in total. The summed E-state index contributed by atoms with van der Waals surface area (Å²) in [6.45, 7) is -0.374. The molecule has 0 aliphatic carbocycles. The van der Waals surface area contributed by atoms with Crippen LogP contribution in [0.1, 0.15) is 15.2 Å². The van der Waals surface area contributed by atoms with E-state index < -0.39 is 6.85 Å². The first-order valence-electron chi connectivity index (χ1n) is 10.0. The zero-order chi connectivity index (χ0) is 20.3. The van der Waals surface area contributed by atoms with E-state index in [1.807, 2.05) is 61.0 Å². The Hall–Kier alpha value is -3.20. The van der Waals surface area contributed by atoms with Gasteiger partial charge in [-0.05, 0) is 42.4 Å². The monoisotopic (exact) mass is 342 g/mol. The summed E-state index contributed by atoms with van der Waals surface area (Å²) in [6, 6.07) is 15.8. The fourth-order valence-electron chi connectivity index (χ4n) is 3.73. The lowest BCUT2D eigenvalue weighted by Crippen LogP contribution is -2.31. The number of hydrogen-bond donors (Lipinski definition) is 0. The summed E-state index contributed by atoms with van der Waals surface area (Å²) in [4.78, 5) is 4.16. The van der Waals surface area contributed by atoms with E-state index in [2.05, 4.69) is 4.98 Å². The van der Waals surface area contributed by atoms with Crippen LogP contribution < -0.4 is 4.57 Å². The Kier molecular flexibility index (Phi) is 2.53. The van der Waals surface area contributed by atoms with Crippen molar-refractivity contribution in [1.82, 2.24) is 4.98 Å². The van der Waals surface area contributed by atoms with Gasteiger partial charge in [-0.1, -0.05) is 35.3 Å². The van der Waals surface area contributed by atoms with Crippen molar-refractivity contribution in [3.05, 3.63) is 72.2 Å². The summed E-state index contributed by atoms with van der Waals surface area (Å²) in [7, 11) is 1.90. The Labute approximate surface area is 155 Å². The molecule has 5 aromatic rings. The third-order valence-electron chi connectivity index (χ3n) is 5.11. The second-order valence-corrected chi connectivity index (χ2v) is 6.64. The van der Waals surface area contributed by atoms with Crippen LogP contribution in [0.5, 0.6) is 0 Å². The average Bonchev–Trinajstić information content (AvgIpc) is 3.06. The quantitative estimate of drug-likeness (QED) is 0.390. The zero-order valence-electron chi connectivity index (χ0n) is 17.6. The summed E-state index contributed by atoms with van der Waals surface area (Å²) >= 11 is 0. The highest BCUT2D eigenvalue weighted by Crippen LogP contribution is 2.40. The van der Waals surface area contributed by atoms with Gasteiger partial charge in [0.05, 0.1) is 12.6 Å². The molecule has 0 fully saturated rings. The number of fused-ring (bicyclic) bond motifs is 5. The van der Waals surface area contributed by atoms with E-state index in [1.165, 1.54) is 0 Å². The number of aryl methyl sites for hydroxylation is 2. The number of aromatic nitrogens is 2. The number of furan rings is 1. The first-order valence-corrected chi connectivity index (χ1v) is 8.54. The molecule has 2 aromatic heterocycles. The molecule has 0 aliphatic heterocycles. The molecule has 26 heavy (non-hydrogen) atoms. The van der Waals surface area contributed by atoms with Gasteiger partial charge < -0.3 is 4.42 Å². The normalized spacial score (nSPS) is 13.8. The van der Waals surface area contributed by atoms with Gasteiger partial charge in [0.1, 0.15) is 23.1 Å². The van der Waals surface area contributed by atoms with Gasteiger partial charge in [0, 0.05) is 26.3 Å². The minimum absolute atomic E-state index is 0.340. The van der Waals surface area contributed by atoms with Crippen LogP contribution in [-0.2, 0) is 7.05 Å². The van der Waals surface area contributed by atoms with Gasteiger partial charge in [0.15, 0.2) is 0 Å². The molecular formula is C23H19N2O+. The largest absolute Gasteiger partial charge is 0.455 e. The van der Waals surface area contributed by atoms with Crippen molar-refractivity contribution < 1.29 is 13.1 Å². The second-order valence-electron chi connectivity index (χ2n) is 6.64. The predicted molar refractivity (Wildman–Crippen MR) is 105 cm³/mol. The third kappa shape index (κ3) is 2.00. The lowest BCUT2D eigenvalue weighted by atomic mass is 9.96. The molecule has 0 amide bonds. The van der Waals surface area contributed by atoms with Gasteiger partial charge in [0.25, 0.3) is 6.33 Å². The van der Waals surface area contributed by atoms with Gasteiger partial charge in [-0.3, -0.25) is 0 Å². The summed E-state index contributed by atoms with van der Waals surface area (Å²) in [5.74, 6) is 0. The zero-order valence-corrected chi connectivity index (χ0v) is 14.6. The Morgan fingerprint density at radius 3 is 2.73 bits per heavy atom. The van der Waals surface area contributed by atoms with E-state index in [4.69, 9.17) is 8.53 Å². The van der Waals surface area contributed by atoms with E-state index in [0.29, 0.717) is 16.7 Å². The standard InChI is InChI=1S/C23H19N2O/c1-14-12-19-18-9-8-16-6-4-5-7-17(16)22(18)26-23(19)21(15(14)2)20-10-11-24-13-25(20)3/h4-13H,1-3H3/q+1/i1D3. The van der Waals surface area contributed by atoms with Crippen molar-refractivity contribution in [2.45, 2.75) is 13.8 Å².